The van der Waals surface area contributed by atoms with Crippen molar-refractivity contribution in [3.05, 3.63) is 0 Å². The molecular weight excluding hydrogens is 276 g/mol. The molecule has 21 heavy (non-hydrogen) atoms. The molecule has 0 radical (unpaired) electrons. The molecule has 1 aliphatic heterocycles. The fourth-order valence-corrected chi connectivity index (χ4v) is 2.52. The van der Waals surface area contributed by atoms with Gasteiger partial charge in [0.1, 0.15) is 6.54 Å². The van der Waals surface area contributed by atoms with Gasteiger partial charge in [0, 0.05) is 19.6 Å². The number of carbonyl (C=O) groups excluding carboxylic acids is 2. The minimum absolute atomic E-state index is 0.0856. The van der Waals surface area contributed by atoms with Crippen LogP contribution in [0.1, 0.15) is 27.2 Å². The minimum atomic E-state index is -0.884. The molecule has 0 aliphatic carbocycles. The molecule has 0 aromatic carbocycles. The van der Waals surface area contributed by atoms with E-state index in [4.69, 9.17) is 9.84 Å². The second-order valence-corrected chi connectivity index (χ2v) is 5.34. The van der Waals surface area contributed by atoms with Crippen LogP contribution < -0.4 is 0 Å². The number of carbonyl (C=O) groups is 3. The number of rotatable bonds is 6. The van der Waals surface area contributed by atoms with Gasteiger partial charge < -0.3 is 19.6 Å². The lowest BCUT2D eigenvalue weighted by atomic mass is 9.99. The molecule has 0 spiro atoms. The van der Waals surface area contributed by atoms with Gasteiger partial charge in [0.15, 0.2) is 0 Å². The summed E-state index contributed by atoms with van der Waals surface area (Å²) in [6, 6.07) is -0.291. The summed E-state index contributed by atoms with van der Waals surface area (Å²) < 4.78 is 4.87. The van der Waals surface area contributed by atoms with Crippen molar-refractivity contribution in [2.24, 2.45) is 11.8 Å². The Morgan fingerprint density at radius 1 is 1.29 bits per heavy atom. The summed E-state index contributed by atoms with van der Waals surface area (Å²) in [7, 11) is 0. The number of aliphatic carboxylic acids is 1. The number of hydrogen-bond donors (Lipinski definition) is 1. The molecule has 0 bridgehead atoms. The van der Waals surface area contributed by atoms with Crippen LogP contribution >= 0.6 is 0 Å². The number of urea groups is 1. The largest absolute Gasteiger partial charge is 0.481 e. The van der Waals surface area contributed by atoms with Gasteiger partial charge in [-0.3, -0.25) is 9.59 Å². The third-order valence-electron chi connectivity index (χ3n) is 3.59. The molecule has 1 saturated heterocycles. The predicted octanol–water partition coefficient (Wildman–Crippen LogP) is 1.03. The van der Waals surface area contributed by atoms with Gasteiger partial charge in [-0.05, 0) is 19.3 Å². The zero-order valence-corrected chi connectivity index (χ0v) is 12.9. The Labute approximate surface area is 124 Å². The van der Waals surface area contributed by atoms with Gasteiger partial charge in [0.25, 0.3) is 0 Å². The van der Waals surface area contributed by atoms with Gasteiger partial charge >= 0.3 is 18.0 Å². The highest BCUT2D eigenvalue weighted by molar-refractivity contribution is 5.82. The van der Waals surface area contributed by atoms with Crippen LogP contribution in [0, 0.1) is 11.8 Å². The van der Waals surface area contributed by atoms with Crippen LogP contribution in [0.2, 0.25) is 0 Å². The number of nitrogens with zero attached hydrogens (tertiary/aromatic N) is 2. The first-order chi connectivity index (χ1) is 9.90. The summed E-state index contributed by atoms with van der Waals surface area (Å²) in [5.41, 5.74) is 0. The predicted molar refractivity (Wildman–Crippen MR) is 75.8 cm³/mol. The Hall–Kier alpha value is -1.79. The number of amides is 2. The summed E-state index contributed by atoms with van der Waals surface area (Å²) in [4.78, 5) is 38.0. The van der Waals surface area contributed by atoms with Crippen molar-refractivity contribution in [3.8, 4) is 0 Å². The number of ether oxygens (including phenoxy) is 1. The molecule has 1 rings (SSSR count). The van der Waals surface area contributed by atoms with Crippen LogP contribution in [0.4, 0.5) is 4.79 Å². The van der Waals surface area contributed by atoms with Crippen LogP contribution in [0.5, 0.6) is 0 Å². The molecule has 2 amide bonds. The van der Waals surface area contributed by atoms with E-state index in [0.717, 1.165) is 6.42 Å². The number of hydrogen-bond acceptors (Lipinski definition) is 4. The van der Waals surface area contributed by atoms with Crippen LogP contribution in [0.25, 0.3) is 0 Å². The molecule has 1 heterocycles. The quantitative estimate of drug-likeness (QED) is 0.740. The Balaban J connectivity index is 2.68. The van der Waals surface area contributed by atoms with E-state index >= 15 is 0 Å². The van der Waals surface area contributed by atoms with Gasteiger partial charge in [0.05, 0.1) is 12.5 Å². The molecule has 0 aromatic rings. The first kappa shape index (κ1) is 17.3. The van der Waals surface area contributed by atoms with E-state index in [1.165, 1.54) is 9.80 Å². The van der Waals surface area contributed by atoms with E-state index in [1.807, 2.05) is 13.8 Å². The maximum absolute atomic E-state index is 12.4. The second-order valence-electron chi connectivity index (χ2n) is 5.34. The van der Waals surface area contributed by atoms with Crippen LogP contribution in [-0.2, 0) is 14.3 Å². The topological polar surface area (TPSA) is 87.2 Å². The van der Waals surface area contributed by atoms with E-state index in [-0.39, 0.29) is 31.6 Å². The average Bonchev–Trinajstić information content (AvgIpc) is 2.80. The number of likely N-dealkylation sites (tertiary alicyclic amines) is 1. The molecule has 1 aliphatic rings. The molecule has 7 nitrogen and oxygen atoms in total. The molecule has 1 fully saturated rings. The first-order valence-electron chi connectivity index (χ1n) is 7.32. The fraction of sp³-hybridized carbons (Fsp3) is 0.786. The number of carboxylic acid groups (broad SMARTS) is 1. The molecule has 7 heteroatoms. The lowest BCUT2D eigenvalue weighted by Crippen LogP contribution is -2.45. The lowest BCUT2D eigenvalue weighted by Gasteiger charge is -2.27. The van der Waals surface area contributed by atoms with Gasteiger partial charge in [-0.1, -0.05) is 13.8 Å². The fourth-order valence-electron chi connectivity index (χ4n) is 2.52. The van der Waals surface area contributed by atoms with Crippen LogP contribution in [0.3, 0.4) is 0 Å². The highest BCUT2D eigenvalue weighted by Crippen LogP contribution is 2.24. The second kappa shape index (κ2) is 7.85. The smallest absolute Gasteiger partial charge is 0.325 e. The van der Waals surface area contributed by atoms with E-state index in [2.05, 4.69) is 0 Å². The van der Waals surface area contributed by atoms with Crippen LogP contribution in [0.15, 0.2) is 0 Å². The molecule has 120 valence electrons. The Morgan fingerprint density at radius 3 is 2.43 bits per heavy atom. The van der Waals surface area contributed by atoms with Crippen molar-refractivity contribution in [2.45, 2.75) is 27.2 Å². The van der Waals surface area contributed by atoms with Gasteiger partial charge in [-0.25, -0.2) is 4.79 Å². The van der Waals surface area contributed by atoms with Gasteiger partial charge in [-0.2, -0.15) is 0 Å². The van der Waals surface area contributed by atoms with Crippen molar-refractivity contribution >= 4 is 18.0 Å². The summed E-state index contributed by atoms with van der Waals surface area (Å²) in [5, 5.41) is 9.11. The highest BCUT2D eigenvalue weighted by Gasteiger charge is 2.38. The summed E-state index contributed by atoms with van der Waals surface area (Å²) >= 11 is 0. The van der Waals surface area contributed by atoms with E-state index in [1.54, 1.807) is 6.92 Å². The van der Waals surface area contributed by atoms with Gasteiger partial charge in [0.2, 0.25) is 0 Å². The molecule has 1 N–H and O–H groups in total. The Morgan fingerprint density at radius 2 is 1.95 bits per heavy atom. The maximum atomic E-state index is 12.4. The molecule has 2 unspecified atom stereocenters. The lowest BCUT2D eigenvalue weighted by molar-refractivity contribution is -0.144. The van der Waals surface area contributed by atoms with Crippen molar-refractivity contribution in [1.29, 1.82) is 0 Å². The molecular formula is C14H24N2O5. The zero-order valence-electron chi connectivity index (χ0n) is 12.9. The van der Waals surface area contributed by atoms with E-state index in [9.17, 15) is 14.4 Å². The first-order valence-corrected chi connectivity index (χ1v) is 7.32. The summed E-state index contributed by atoms with van der Waals surface area (Å²) in [6.07, 6.45) is 0.719. The van der Waals surface area contributed by atoms with Crippen molar-refractivity contribution < 1.29 is 24.2 Å². The standard InChI is InChI=1S/C14H24N2O5/c1-4-6-15(9-12(17)21-5-2)14(20)16-7-10(3)11(8-16)13(18)19/h10-11H,4-9H2,1-3H3,(H,18,19). The Bertz CT molecular complexity index is 399. The van der Waals surface area contributed by atoms with Crippen molar-refractivity contribution in [1.82, 2.24) is 9.80 Å². The Kier molecular flexibility index (Phi) is 6.45. The summed E-state index contributed by atoms with van der Waals surface area (Å²) in [5.74, 6) is -1.95. The molecule has 0 saturated carbocycles. The zero-order chi connectivity index (χ0) is 16.0. The third kappa shape index (κ3) is 4.61. The molecule has 2 atom stereocenters. The number of esters is 1. The minimum Gasteiger partial charge on any atom is -0.481 e. The number of carboxylic acids is 1. The van der Waals surface area contributed by atoms with Gasteiger partial charge in [-0.15, -0.1) is 0 Å². The average molecular weight is 300 g/mol. The normalized spacial score (nSPS) is 21.2. The maximum Gasteiger partial charge on any atom is 0.325 e. The summed E-state index contributed by atoms with van der Waals surface area (Å²) in [6.45, 7) is 6.67. The highest BCUT2D eigenvalue weighted by atomic mass is 16.5. The van der Waals surface area contributed by atoms with Crippen molar-refractivity contribution in [2.75, 3.05) is 32.8 Å². The SMILES string of the molecule is CCCN(CC(=O)OCC)C(=O)N1CC(C)C(C(=O)O)C1. The van der Waals surface area contributed by atoms with Crippen molar-refractivity contribution in [3.63, 3.8) is 0 Å². The third-order valence-corrected chi connectivity index (χ3v) is 3.59. The van der Waals surface area contributed by atoms with E-state index < -0.39 is 17.9 Å². The van der Waals surface area contributed by atoms with Crippen LogP contribution in [-0.4, -0.2) is 65.7 Å². The monoisotopic (exact) mass is 300 g/mol. The van der Waals surface area contributed by atoms with E-state index in [0.29, 0.717) is 13.1 Å². The molecule has 0 aromatic heterocycles.